The van der Waals surface area contributed by atoms with Gasteiger partial charge in [0.25, 0.3) is 0 Å². The Hall–Kier alpha value is -2.26. The van der Waals surface area contributed by atoms with Crippen LogP contribution < -0.4 is 5.32 Å². The van der Waals surface area contributed by atoms with Crippen molar-refractivity contribution in [1.29, 1.82) is 0 Å². The summed E-state index contributed by atoms with van der Waals surface area (Å²) in [7, 11) is -3.54. The predicted molar refractivity (Wildman–Crippen MR) is 125 cm³/mol. The number of rotatable bonds is 7. The zero-order chi connectivity index (χ0) is 21.8. The van der Waals surface area contributed by atoms with Crippen LogP contribution in [0.15, 0.2) is 59.5 Å². The van der Waals surface area contributed by atoms with Crippen LogP contribution in [0.25, 0.3) is 10.8 Å². The van der Waals surface area contributed by atoms with Crippen molar-refractivity contribution in [2.75, 3.05) is 32.7 Å². The molecule has 0 radical (unpaired) electrons. The maximum atomic E-state index is 13.1. The van der Waals surface area contributed by atoms with Gasteiger partial charge in [-0.05, 0) is 41.5 Å². The largest absolute Gasteiger partial charge is 0.350 e. The molecule has 1 amide bonds. The van der Waals surface area contributed by atoms with Gasteiger partial charge in [-0.25, -0.2) is 8.42 Å². The highest BCUT2D eigenvalue weighted by molar-refractivity contribution is 7.89. The van der Waals surface area contributed by atoms with Gasteiger partial charge in [0.05, 0.1) is 18.0 Å². The highest BCUT2D eigenvalue weighted by Gasteiger charge is 2.29. The number of fused-ring (bicyclic) bond motifs is 1. The van der Waals surface area contributed by atoms with Crippen LogP contribution >= 0.6 is 11.3 Å². The topological polar surface area (TPSA) is 69.7 Å². The third-order valence-corrected chi connectivity index (χ3v) is 8.71. The van der Waals surface area contributed by atoms with Crippen LogP contribution in [0.2, 0.25) is 0 Å². The summed E-state index contributed by atoms with van der Waals surface area (Å²) in [5, 5.41) is 4.90. The van der Waals surface area contributed by atoms with Gasteiger partial charge in [-0.1, -0.05) is 37.3 Å². The molecule has 8 heteroatoms. The lowest BCUT2D eigenvalue weighted by Crippen LogP contribution is -2.50. The minimum absolute atomic E-state index is 0.0303. The number of piperazine rings is 1. The van der Waals surface area contributed by atoms with Crippen molar-refractivity contribution in [2.45, 2.75) is 24.8 Å². The van der Waals surface area contributed by atoms with E-state index in [2.05, 4.69) is 24.4 Å². The molecule has 0 bridgehead atoms. The summed E-state index contributed by atoms with van der Waals surface area (Å²) in [6, 6.07) is 17.1. The smallest absolute Gasteiger partial charge is 0.243 e. The van der Waals surface area contributed by atoms with Gasteiger partial charge in [0, 0.05) is 35.9 Å². The maximum absolute atomic E-state index is 13.1. The fraction of sp³-hybridized carbons (Fsp3) is 0.348. The molecule has 1 fully saturated rings. The predicted octanol–water partition coefficient (Wildman–Crippen LogP) is 3.09. The van der Waals surface area contributed by atoms with Crippen molar-refractivity contribution in [2.24, 2.45) is 0 Å². The van der Waals surface area contributed by atoms with Gasteiger partial charge < -0.3 is 5.32 Å². The van der Waals surface area contributed by atoms with Gasteiger partial charge in [-0.3, -0.25) is 9.69 Å². The number of amides is 1. The molecule has 0 saturated carbocycles. The first kappa shape index (κ1) is 22.0. The highest BCUT2D eigenvalue weighted by Crippen LogP contribution is 2.23. The number of aryl methyl sites for hydroxylation is 1. The zero-order valence-electron chi connectivity index (χ0n) is 17.6. The van der Waals surface area contributed by atoms with Gasteiger partial charge >= 0.3 is 0 Å². The van der Waals surface area contributed by atoms with E-state index in [1.165, 1.54) is 9.18 Å². The van der Waals surface area contributed by atoms with E-state index in [9.17, 15) is 13.2 Å². The van der Waals surface area contributed by atoms with E-state index in [-0.39, 0.29) is 12.5 Å². The van der Waals surface area contributed by atoms with E-state index in [1.807, 2.05) is 35.2 Å². The molecule has 1 aromatic heterocycles. The second-order valence-corrected chi connectivity index (χ2v) is 10.9. The van der Waals surface area contributed by atoms with Gasteiger partial charge in [0.15, 0.2) is 0 Å². The van der Waals surface area contributed by atoms with Crippen molar-refractivity contribution in [1.82, 2.24) is 14.5 Å². The molecule has 0 unspecified atom stereocenters. The molecule has 3 aromatic rings. The lowest BCUT2D eigenvalue weighted by Gasteiger charge is -2.33. The minimum atomic E-state index is -3.54. The van der Waals surface area contributed by atoms with Crippen LogP contribution in [0.4, 0.5) is 0 Å². The summed E-state index contributed by atoms with van der Waals surface area (Å²) < 4.78 is 27.7. The number of sulfonamides is 1. The number of nitrogens with one attached hydrogen (secondary N) is 1. The van der Waals surface area contributed by atoms with Crippen molar-refractivity contribution >= 4 is 38.0 Å². The van der Waals surface area contributed by atoms with E-state index >= 15 is 0 Å². The normalized spacial score (nSPS) is 15.9. The summed E-state index contributed by atoms with van der Waals surface area (Å²) in [6.07, 6.45) is 1.00. The van der Waals surface area contributed by atoms with Crippen LogP contribution in [0.5, 0.6) is 0 Å². The molecule has 31 heavy (non-hydrogen) atoms. The second kappa shape index (κ2) is 9.48. The first-order chi connectivity index (χ1) is 15.0. The van der Waals surface area contributed by atoms with E-state index in [0.29, 0.717) is 37.6 Å². The zero-order valence-corrected chi connectivity index (χ0v) is 19.2. The Bertz CT molecular complexity index is 1170. The number of hydrogen-bond acceptors (Lipinski definition) is 5. The Labute approximate surface area is 187 Å². The minimum Gasteiger partial charge on any atom is -0.350 e. The van der Waals surface area contributed by atoms with Crippen LogP contribution in [-0.4, -0.2) is 56.3 Å². The Morgan fingerprint density at radius 1 is 0.968 bits per heavy atom. The molecule has 164 valence electrons. The lowest BCUT2D eigenvalue weighted by molar-refractivity contribution is -0.122. The first-order valence-corrected chi connectivity index (χ1v) is 12.8. The highest BCUT2D eigenvalue weighted by atomic mass is 32.2. The van der Waals surface area contributed by atoms with Gasteiger partial charge in [0.1, 0.15) is 0 Å². The number of thiophene rings is 1. The fourth-order valence-electron chi connectivity index (χ4n) is 3.76. The molecule has 0 spiro atoms. The van der Waals surface area contributed by atoms with Crippen molar-refractivity contribution in [3.05, 3.63) is 64.4 Å². The fourth-order valence-corrected chi connectivity index (χ4v) is 6.11. The van der Waals surface area contributed by atoms with Crippen molar-refractivity contribution < 1.29 is 13.2 Å². The van der Waals surface area contributed by atoms with Crippen LogP contribution in [0.3, 0.4) is 0 Å². The number of carbonyl (C=O) groups is 1. The quantitative estimate of drug-likeness (QED) is 0.592. The molecule has 1 aliphatic heterocycles. The molecule has 4 rings (SSSR count). The maximum Gasteiger partial charge on any atom is 0.243 e. The summed E-state index contributed by atoms with van der Waals surface area (Å²) in [4.78, 5) is 17.1. The molecule has 1 aliphatic rings. The molecular formula is C23H27N3O3S2. The lowest BCUT2D eigenvalue weighted by atomic mass is 10.1. The summed E-state index contributed by atoms with van der Waals surface area (Å²) in [5.41, 5.74) is 0. The van der Waals surface area contributed by atoms with Crippen LogP contribution in [0.1, 0.15) is 16.7 Å². The average molecular weight is 458 g/mol. The van der Waals surface area contributed by atoms with Gasteiger partial charge in [0.2, 0.25) is 15.9 Å². The molecular weight excluding hydrogens is 430 g/mol. The first-order valence-electron chi connectivity index (χ1n) is 10.5. The number of benzene rings is 2. The van der Waals surface area contributed by atoms with E-state index < -0.39 is 10.0 Å². The van der Waals surface area contributed by atoms with Crippen molar-refractivity contribution in [3.8, 4) is 0 Å². The standard InChI is InChI=1S/C23H27N3O3S2/c1-2-20-8-9-21(30-20)16-24-23(27)17-25-11-13-26(14-12-25)31(28,29)22-10-7-18-5-3-4-6-19(18)15-22/h3-10,15H,2,11-14,16-17H2,1H3,(H,24,27). The van der Waals surface area contributed by atoms with E-state index in [1.54, 1.807) is 23.5 Å². The number of carbonyl (C=O) groups excluding carboxylic acids is 1. The summed E-state index contributed by atoms with van der Waals surface area (Å²) in [6.45, 7) is 4.79. The molecule has 2 aromatic carbocycles. The SMILES string of the molecule is CCc1ccc(CNC(=O)CN2CCN(S(=O)(=O)c3ccc4ccccc4c3)CC2)s1. The van der Waals surface area contributed by atoms with Crippen LogP contribution in [-0.2, 0) is 27.8 Å². The molecule has 6 nitrogen and oxygen atoms in total. The average Bonchev–Trinajstić information content (AvgIpc) is 3.26. The Morgan fingerprint density at radius 2 is 1.68 bits per heavy atom. The van der Waals surface area contributed by atoms with E-state index in [0.717, 1.165) is 22.1 Å². The monoisotopic (exact) mass is 457 g/mol. The van der Waals surface area contributed by atoms with Gasteiger partial charge in [-0.15, -0.1) is 11.3 Å². The molecule has 0 atom stereocenters. The number of nitrogens with zero attached hydrogens (tertiary/aromatic N) is 2. The Morgan fingerprint density at radius 3 is 2.39 bits per heavy atom. The molecule has 2 heterocycles. The van der Waals surface area contributed by atoms with Crippen LogP contribution in [0, 0.1) is 0 Å². The second-order valence-electron chi connectivity index (χ2n) is 7.69. The van der Waals surface area contributed by atoms with Crippen molar-refractivity contribution in [3.63, 3.8) is 0 Å². The Kier molecular flexibility index (Phi) is 6.71. The molecule has 0 aliphatic carbocycles. The summed E-state index contributed by atoms with van der Waals surface area (Å²) >= 11 is 1.72. The molecule has 1 saturated heterocycles. The molecule has 1 N–H and O–H groups in total. The Balaban J connectivity index is 1.30. The number of hydrogen-bond donors (Lipinski definition) is 1. The summed E-state index contributed by atoms with van der Waals surface area (Å²) in [5.74, 6) is -0.0303. The van der Waals surface area contributed by atoms with Gasteiger partial charge in [-0.2, -0.15) is 4.31 Å². The third kappa shape index (κ3) is 5.15. The van der Waals surface area contributed by atoms with E-state index in [4.69, 9.17) is 0 Å². The third-order valence-electron chi connectivity index (χ3n) is 5.58.